The van der Waals surface area contributed by atoms with Gasteiger partial charge in [-0.1, -0.05) is 19.9 Å². The van der Waals surface area contributed by atoms with Crippen LogP contribution in [-0.2, 0) is 6.54 Å². The molecule has 8 heteroatoms. The molecule has 0 aliphatic heterocycles. The van der Waals surface area contributed by atoms with Crippen molar-refractivity contribution in [3.63, 3.8) is 0 Å². The monoisotopic (exact) mass is 401 g/mol. The predicted molar refractivity (Wildman–Crippen MR) is 108 cm³/mol. The van der Waals surface area contributed by atoms with Gasteiger partial charge in [0, 0.05) is 23.6 Å². The van der Waals surface area contributed by atoms with Crippen LogP contribution in [0.4, 0.5) is 20.4 Å². The SMILES string of the molecule is CCC(O)(CC)Cn1cc(-c2cc(C)cc(Nc3nccc(C(F)F)n3)c2)cn1. The number of hydrogen-bond donors (Lipinski definition) is 2. The van der Waals surface area contributed by atoms with Crippen LogP contribution in [0.25, 0.3) is 11.1 Å². The van der Waals surface area contributed by atoms with Crippen LogP contribution in [0.5, 0.6) is 0 Å². The Bertz CT molecular complexity index is 969. The number of aryl methyl sites for hydroxylation is 1. The molecule has 0 saturated heterocycles. The third-order valence-corrected chi connectivity index (χ3v) is 4.97. The summed E-state index contributed by atoms with van der Waals surface area (Å²) in [6, 6.07) is 6.98. The molecule has 0 bridgehead atoms. The van der Waals surface area contributed by atoms with Crippen molar-refractivity contribution in [3.8, 4) is 11.1 Å². The summed E-state index contributed by atoms with van der Waals surface area (Å²) in [5.41, 5.74) is 2.39. The highest BCUT2D eigenvalue weighted by Gasteiger charge is 2.23. The van der Waals surface area contributed by atoms with Gasteiger partial charge in [0.15, 0.2) is 0 Å². The van der Waals surface area contributed by atoms with Crippen LogP contribution in [0.3, 0.4) is 0 Å². The molecule has 6 nitrogen and oxygen atoms in total. The van der Waals surface area contributed by atoms with E-state index >= 15 is 0 Å². The molecule has 154 valence electrons. The molecule has 0 aliphatic rings. The Morgan fingerprint density at radius 2 is 1.93 bits per heavy atom. The van der Waals surface area contributed by atoms with Gasteiger partial charge >= 0.3 is 0 Å². The molecule has 0 spiro atoms. The molecule has 0 radical (unpaired) electrons. The van der Waals surface area contributed by atoms with Crippen LogP contribution < -0.4 is 5.32 Å². The standard InChI is InChI=1S/C21H25F2N5O/c1-4-21(29,5-2)13-28-12-16(11-25-28)15-8-14(3)9-17(10-15)26-20-24-7-6-18(27-20)19(22)23/h6-12,19,29H,4-5,13H2,1-3H3,(H,24,26,27). The van der Waals surface area contributed by atoms with Crippen molar-refractivity contribution in [1.29, 1.82) is 0 Å². The smallest absolute Gasteiger partial charge is 0.280 e. The number of benzene rings is 1. The van der Waals surface area contributed by atoms with Crippen LogP contribution in [0.2, 0.25) is 0 Å². The zero-order chi connectivity index (χ0) is 21.0. The average Bonchev–Trinajstić information content (AvgIpc) is 3.16. The minimum atomic E-state index is -2.65. The van der Waals surface area contributed by atoms with Crippen LogP contribution in [-0.4, -0.2) is 30.5 Å². The third-order valence-electron chi connectivity index (χ3n) is 4.97. The molecule has 3 aromatic rings. The van der Waals surface area contributed by atoms with Crippen molar-refractivity contribution in [3.05, 3.63) is 54.1 Å². The molecule has 2 N–H and O–H groups in total. The molecule has 0 fully saturated rings. The summed E-state index contributed by atoms with van der Waals surface area (Å²) in [5, 5.41) is 17.9. The molecule has 2 heterocycles. The lowest BCUT2D eigenvalue weighted by Gasteiger charge is -2.24. The maximum Gasteiger partial charge on any atom is 0.280 e. The van der Waals surface area contributed by atoms with E-state index in [2.05, 4.69) is 20.4 Å². The number of alkyl halides is 2. The second-order valence-electron chi connectivity index (χ2n) is 7.18. The molecule has 0 unspecified atom stereocenters. The number of halogens is 2. The molecule has 3 rings (SSSR count). The first-order chi connectivity index (χ1) is 13.8. The predicted octanol–water partition coefficient (Wildman–Crippen LogP) is 4.88. The molecule has 29 heavy (non-hydrogen) atoms. The summed E-state index contributed by atoms with van der Waals surface area (Å²) < 4.78 is 27.5. The lowest BCUT2D eigenvalue weighted by Crippen LogP contribution is -2.32. The van der Waals surface area contributed by atoms with Crippen molar-refractivity contribution in [1.82, 2.24) is 19.7 Å². The van der Waals surface area contributed by atoms with Gasteiger partial charge in [0.05, 0.1) is 18.3 Å². The molecule has 0 atom stereocenters. The normalized spacial score (nSPS) is 11.8. The van der Waals surface area contributed by atoms with Gasteiger partial charge in [-0.05, 0) is 49.1 Å². The summed E-state index contributed by atoms with van der Waals surface area (Å²) in [7, 11) is 0. The topological polar surface area (TPSA) is 75.9 Å². The fourth-order valence-corrected chi connectivity index (χ4v) is 3.08. The highest BCUT2D eigenvalue weighted by Crippen LogP contribution is 2.27. The first-order valence-electron chi connectivity index (χ1n) is 9.57. The van der Waals surface area contributed by atoms with E-state index in [0.29, 0.717) is 25.1 Å². The zero-order valence-electron chi connectivity index (χ0n) is 16.7. The van der Waals surface area contributed by atoms with Crippen molar-refractivity contribution >= 4 is 11.6 Å². The van der Waals surface area contributed by atoms with Gasteiger partial charge in [0.2, 0.25) is 5.95 Å². The molecule has 0 saturated carbocycles. The fraction of sp³-hybridized carbons (Fsp3) is 0.381. The Morgan fingerprint density at radius 3 is 2.62 bits per heavy atom. The number of rotatable bonds is 8. The number of nitrogens with zero attached hydrogens (tertiary/aromatic N) is 4. The van der Waals surface area contributed by atoms with Gasteiger partial charge in [0.1, 0.15) is 5.69 Å². The second-order valence-corrected chi connectivity index (χ2v) is 7.18. The van der Waals surface area contributed by atoms with Crippen LogP contribution in [0, 0.1) is 6.92 Å². The highest BCUT2D eigenvalue weighted by atomic mass is 19.3. The zero-order valence-corrected chi connectivity index (χ0v) is 16.7. The van der Waals surface area contributed by atoms with Gasteiger partial charge in [-0.3, -0.25) is 4.68 Å². The van der Waals surface area contributed by atoms with E-state index in [1.165, 1.54) is 12.3 Å². The number of hydrogen-bond acceptors (Lipinski definition) is 5. The maximum absolute atomic E-state index is 12.9. The molecule has 0 aliphatic carbocycles. The Labute approximate surface area is 168 Å². The van der Waals surface area contributed by atoms with Crippen molar-refractivity contribution < 1.29 is 13.9 Å². The summed E-state index contributed by atoms with van der Waals surface area (Å²) in [5.74, 6) is 0.117. The van der Waals surface area contributed by atoms with Crippen molar-refractivity contribution in [2.24, 2.45) is 0 Å². The Kier molecular flexibility index (Phi) is 6.22. The lowest BCUT2D eigenvalue weighted by atomic mass is 9.98. The quantitative estimate of drug-likeness (QED) is 0.563. The van der Waals surface area contributed by atoms with E-state index in [1.54, 1.807) is 10.9 Å². The second kappa shape index (κ2) is 8.65. The largest absolute Gasteiger partial charge is 0.388 e. The number of aromatic nitrogens is 4. The van der Waals surface area contributed by atoms with E-state index in [9.17, 15) is 13.9 Å². The fourth-order valence-electron chi connectivity index (χ4n) is 3.08. The molecule has 1 aromatic carbocycles. The van der Waals surface area contributed by atoms with Crippen molar-refractivity contribution in [2.75, 3.05) is 5.32 Å². The maximum atomic E-state index is 12.9. The van der Waals surface area contributed by atoms with E-state index in [1.807, 2.05) is 45.2 Å². The van der Waals surface area contributed by atoms with Crippen LogP contribution in [0.1, 0.15) is 44.4 Å². The molecular weight excluding hydrogens is 376 g/mol. The minimum Gasteiger partial charge on any atom is -0.388 e. The van der Waals surface area contributed by atoms with Crippen LogP contribution in [0.15, 0.2) is 42.9 Å². The van der Waals surface area contributed by atoms with E-state index in [-0.39, 0.29) is 11.6 Å². The van der Waals surface area contributed by atoms with E-state index in [4.69, 9.17) is 0 Å². The number of anilines is 2. The molecule has 2 aromatic heterocycles. The summed E-state index contributed by atoms with van der Waals surface area (Å²) >= 11 is 0. The minimum absolute atomic E-state index is 0.117. The summed E-state index contributed by atoms with van der Waals surface area (Å²) in [6.45, 7) is 6.28. The summed E-state index contributed by atoms with van der Waals surface area (Å²) in [4.78, 5) is 7.86. The number of nitrogens with one attached hydrogen (secondary N) is 1. The molecular formula is C21H25F2N5O. The Morgan fingerprint density at radius 1 is 1.17 bits per heavy atom. The first-order valence-corrected chi connectivity index (χ1v) is 9.57. The van der Waals surface area contributed by atoms with E-state index in [0.717, 1.165) is 16.7 Å². The molecule has 0 amide bonds. The van der Waals surface area contributed by atoms with Crippen LogP contribution >= 0.6 is 0 Å². The number of aliphatic hydroxyl groups is 1. The third kappa shape index (κ3) is 5.14. The first kappa shape index (κ1) is 20.9. The highest BCUT2D eigenvalue weighted by molar-refractivity contribution is 5.70. The van der Waals surface area contributed by atoms with Crippen molar-refractivity contribution in [2.45, 2.75) is 52.2 Å². The Hall–Kier alpha value is -2.87. The van der Waals surface area contributed by atoms with Gasteiger partial charge < -0.3 is 10.4 Å². The van der Waals surface area contributed by atoms with Gasteiger partial charge in [-0.25, -0.2) is 18.7 Å². The average molecular weight is 401 g/mol. The summed E-state index contributed by atoms with van der Waals surface area (Å²) in [6.07, 6.45) is 3.59. The van der Waals surface area contributed by atoms with E-state index < -0.39 is 12.0 Å². The van der Waals surface area contributed by atoms with Gasteiger partial charge in [0.25, 0.3) is 6.43 Å². The van der Waals surface area contributed by atoms with Gasteiger partial charge in [-0.15, -0.1) is 0 Å². The van der Waals surface area contributed by atoms with Gasteiger partial charge in [-0.2, -0.15) is 5.10 Å². The Balaban J connectivity index is 1.84. The lowest BCUT2D eigenvalue weighted by molar-refractivity contribution is 0.0119.